The molecule has 1 atom stereocenters. The van der Waals surface area contributed by atoms with Crippen LogP contribution in [0.2, 0.25) is 0 Å². The highest BCUT2D eigenvalue weighted by atomic mass is 32.2. The van der Waals surface area contributed by atoms with Crippen LogP contribution >= 0.6 is 23.1 Å². The van der Waals surface area contributed by atoms with Crippen LogP contribution in [-0.2, 0) is 16.0 Å². The lowest BCUT2D eigenvalue weighted by atomic mass is 10.2. The zero-order valence-electron chi connectivity index (χ0n) is 14.2. The number of hydrogen-bond donors (Lipinski definition) is 2. The molecule has 1 saturated heterocycles. The first kappa shape index (κ1) is 18.5. The maximum Gasteiger partial charge on any atom is 0.240 e. The number of nitrogens with zero attached hydrogens (tertiary/aromatic N) is 1. The van der Waals surface area contributed by atoms with Gasteiger partial charge in [-0.15, -0.1) is 11.3 Å². The summed E-state index contributed by atoms with van der Waals surface area (Å²) in [5, 5.41) is 7.69. The molecule has 0 bridgehead atoms. The van der Waals surface area contributed by atoms with Crippen molar-refractivity contribution in [2.24, 2.45) is 4.99 Å². The summed E-state index contributed by atoms with van der Waals surface area (Å²) in [6.07, 6.45) is 0.926. The number of thioether (sulfide) groups is 1. The van der Waals surface area contributed by atoms with Crippen molar-refractivity contribution in [2.45, 2.75) is 18.1 Å². The predicted molar refractivity (Wildman–Crippen MR) is 106 cm³/mol. The molecule has 1 aromatic heterocycles. The number of methoxy groups -OCH3 is 1. The summed E-state index contributed by atoms with van der Waals surface area (Å²) >= 11 is 3.00. The standard InChI is InChI=1S/C18H19N3O3S2/c1-24-14-7-3-2-6-13(14)20-16(22)11-15-17(23)21-18(26-15)19-9-8-12-5-4-10-25-12/h2-7,10,15H,8-9,11H2,1H3,(H,20,22)(H,19,21,23). The summed E-state index contributed by atoms with van der Waals surface area (Å²) in [7, 11) is 1.55. The van der Waals surface area contributed by atoms with Crippen LogP contribution in [0.1, 0.15) is 11.3 Å². The van der Waals surface area contributed by atoms with Gasteiger partial charge in [0, 0.05) is 24.3 Å². The molecule has 2 amide bonds. The molecule has 6 nitrogen and oxygen atoms in total. The van der Waals surface area contributed by atoms with E-state index in [1.807, 2.05) is 23.6 Å². The van der Waals surface area contributed by atoms with E-state index in [2.05, 4.69) is 21.7 Å². The number of carbonyl (C=O) groups is 2. The molecule has 1 aliphatic heterocycles. The van der Waals surface area contributed by atoms with Crippen LogP contribution in [0, 0.1) is 0 Å². The Hall–Kier alpha value is -2.32. The number of anilines is 1. The van der Waals surface area contributed by atoms with Crippen LogP contribution in [-0.4, -0.2) is 35.9 Å². The van der Waals surface area contributed by atoms with Crippen molar-refractivity contribution in [2.75, 3.05) is 19.0 Å². The van der Waals surface area contributed by atoms with E-state index in [0.717, 1.165) is 6.42 Å². The molecule has 1 aromatic carbocycles. The highest BCUT2D eigenvalue weighted by Gasteiger charge is 2.32. The molecule has 0 radical (unpaired) electrons. The quantitative estimate of drug-likeness (QED) is 0.763. The SMILES string of the molecule is COc1ccccc1NC(=O)CC1SC(=NCCc2cccs2)NC1=O. The van der Waals surface area contributed by atoms with Gasteiger partial charge in [0.15, 0.2) is 5.17 Å². The van der Waals surface area contributed by atoms with E-state index in [1.165, 1.54) is 16.6 Å². The van der Waals surface area contributed by atoms with Gasteiger partial charge in [-0.1, -0.05) is 30.0 Å². The molecular formula is C18H19N3O3S2. The predicted octanol–water partition coefficient (Wildman–Crippen LogP) is 2.92. The van der Waals surface area contributed by atoms with Crippen molar-refractivity contribution in [3.63, 3.8) is 0 Å². The number of carbonyl (C=O) groups excluding carboxylic acids is 2. The molecule has 8 heteroatoms. The third-order valence-corrected chi connectivity index (χ3v) is 5.78. The molecule has 2 heterocycles. The Labute approximate surface area is 160 Å². The Balaban J connectivity index is 1.51. The van der Waals surface area contributed by atoms with Crippen LogP contribution in [0.25, 0.3) is 0 Å². The molecule has 1 unspecified atom stereocenters. The maximum absolute atomic E-state index is 12.3. The largest absolute Gasteiger partial charge is 0.495 e. The van der Waals surface area contributed by atoms with E-state index in [-0.39, 0.29) is 18.2 Å². The number of rotatable bonds is 7. The first-order chi connectivity index (χ1) is 12.7. The van der Waals surface area contributed by atoms with Gasteiger partial charge in [0.05, 0.1) is 12.8 Å². The minimum atomic E-state index is -0.467. The smallest absolute Gasteiger partial charge is 0.240 e. The van der Waals surface area contributed by atoms with Crippen molar-refractivity contribution in [1.82, 2.24) is 5.32 Å². The Morgan fingerprint density at radius 1 is 1.31 bits per heavy atom. The second-order valence-corrected chi connectivity index (χ2v) is 7.79. The fraction of sp³-hybridized carbons (Fsp3) is 0.278. The molecule has 3 rings (SSSR count). The number of nitrogens with one attached hydrogen (secondary N) is 2. The van der Waals surface area contributed by atoms with Crippen LogP contribution in [0.15, 0.2) is 46.8 Å². The number of thiophene rings is 1. The fourth-order valence-electron chi connectivity index (χ4n) is 2.45. The highest BCUT2D eigenvalue weighted by molar-refractivity contribution is 8.15. The second kappa shape index (κ2) is 8.86. The molecule has 136 valence electrons. The number of para-hydroxylation sites is 2. The molecule has 0 aliphatic carbocycles. The van der Waals surface area contributed by atoms with Crippen molar-refractivity contribution >= 4 is 45.8 Å². The molecule has 0 spiro atoms. The van der Waals surface area contributed by atoms with Crippen molar-refractivity contribution in [3.05, 3.63) is 46.7 Å². The molecule has 26 heavy (non-hydrogen) atoms. The molecule has 1 aliphatic rings. The first-order valence-electron chi connectivity index (χ1n) is 8.13. The molecular weight excluding hydrogens is 370 g/mol. The van der Waals surface area contributed by atoms with Crippen LogP contribution in [0.3, 0.4) is 0 Å². The summed E-state index contributed by atoms with van der Waals surface area (Å²) in [5.41, 5.74) is 0.591. The number of amidine groups is 1. The number of hydrogen-bond acceptors (Lipinski definition) is 6. The van der Waals surface area contributed by atoms with Gasteiger partial charge in [-0.2, -0.15) is 0 Å². The lowest BCUT2D eigenvalue weighted by Crippen LogP contribution is -2.28. The maximum atomic E-state index is 12.3. The van der Waals surface area contributed by atoms with Crippen molar-refractivity contribution < 1.29 is 14.3 Å². The van der Waals surface area contributed by atoms with E-state index >= 15 is 0 Å². The van der Waals surface area contributed by atoms with Gasteiger partial charge < -0.3 is 15.4 Å². The summed E-state index contributed by atoms with van der Waals surface area (Å²) in [4.78, 5) is 30.0. The van der Waals surface area contributed by atoms with Crippen LogP contribution < -0.4 is 15.4 Å². The third kappa shape index (κ3) is 4.86. The van der Waals surface area contributed by atoms with E-state index in [1.54, 1.807) is 30.6 Å². The van der Waals surface area contributed by atoms with Gasteiger partial charge in [-0.3, -0.25) is 14.6 Å². The normalized spacial score (nSPS) is 18.0. The topological polar surface area (TPSA) is 79.8 Å². The Bertz CT molecular complexity index is 806. The summed E-state index contributed by atoms with van der Waals surface area (Å²) in [6, 6.07) is 11.2. The lowest BCUT2D eigenvalue weighted by molar-refractivity contribution is -0.122. The first-order valence-corrected chi connectivity index (χ1v) is 9.89. The summed E-state index contributed by atoms with van der Waals surface area (Å²) in [5.74, 6) is 0.169. The molecule has 0 saturated carbocycles. The third-order valence-electron chi connectivity index (χ3n) is 3.72. The van der Waals surface area contributed by atoms with E-state index in [4.69, 9.17) is 4.74 Å². The highest BCUT2D eigenvalue weighted by Crippen LogP contribution is 2.26. The second-order valence-electron chi connectivity index (χ2n) is 5.56. The monoisotopic (exact) mass is 389 g/mol. The summed E-state index contributed by atoms with van der Waals surface area (Å²) < 4.78 is 5.21. The van der Waals surface area contributed by atoms with Gasteiger partial charge in [-0.05, 0) is 23.6 Å². The number of ether oxygens (including phenoxy) is 1. The van der Waals surface area contributed by atoms with Crippen LogP contribution in [0.4, 0.5) is 5.69 Å². The molecule has 2 aromatic rings. The van der Waals surface area contributed by atoms with E-state index in [0.29, 0.717) is 23.1 Å². The van der Waals surface area contributed by atoms with Gasteiger partial charge in [0.2, 0.25) is 11.8 Å². The summed E-state index contributed by atoms with van der Waals surface area (Å²) in [6.45, 7) is 0.614. The average molecular weight is 390 g/mol. The van der Waals surface area contributed by atoms with Gasteiger partial charge in [-0.25, -0.2) is 0 Å². The lowest BCUT2D eigenvalue weighted by Gasteiger charge is -2.10. The minimum Gasteiger partial charge on any atom is -0.495 e. The number of benzene rings is 1. The van der Waals surface area contributed by atoms with E-state index < -0.39 is 5.25 Å². The molecule has 1 fully saturated rings. The zero-order chi connectivity index (χ0) is 18.4. The van der Waals surface area contributed by atoms with Gasteiger partial charge in [0.25, 0.3) is 0 Å². The fourth-order valence-corrected chi connectivity index (χ4v) is 4.15. The number of amides is 2. The van der Waals surface area contributed by atoms with Crippen molar-refractivity contribution in [3.8, 4) is 5.75 Å². The van der Waals surface area contributed by atoms with Crippen LogP contribution in [0.5, 0.6) is 5.75 Å². The van der Waals surface area contributed by atoms with E-state index in [9.17, 15) is 9.59 Å². The zero-order valence-corrected chi connectivity index (χ0v) is 15.9. The van der Waals surface area contributed by atoms with Gasteiger partial charge >= 0.3 is 0 Å². The van der Waals surface area contributed by atoms with Gasteiger partial charge in [0.1, 0.15) is 11.0 Å². The average Bonchev–Trinajstić information content (AvgIpc) is 3.26. The van der Waals surface area contributed by atoms with Crippen molar-refractivity contribution in [1.29, 1.82) is 0 Å². The molecule has 2 N–H and O–H groups in total. The Morgan fingerprint density at radius 3 is 2.92 bits per heavy atom. The Kier molecular flexibility index (Phi) is 6.30. The number of aliphatic imine (C=N–C) groups is 1. The Morgan fingerprint density at radius 2 is 2.15 bits per heavy atom. The minimum absolute atomic E-state index is 0.0818.